The number of hydrogen-bond donors (Lipinski definition) is 1. The molecule has 0 aliphatic carbocycles. The van der Waals surface area contributed by atoms with E-state index < -0.39 is 0 Å². The molecule has 1 unspecified atom stereocenters. The summed E-state index contributed by atoms with van der Waals surface area (Å²) in [6.45, 7) is 11.1. The Labute approximate surface area is 111 Å². The third-order valence-corrected chi connectivity index (χ3v) is 3.46. The molecule has 102 valence electrons. The van der Waals surface area contributed by atoms with Crippen LogP contribution in [0.15, 0.2) is 24.3 Å². The molecule has 18 heavy (non-hydrogen) atoms. The highest BCUT2D eigenvalue weighted by molar-refractivity contribution is 5.21. The molecule has 1 nitrogen and oxygen atoms in total. The van der Waals surface area contributed by atoms with E-state index in [4.69, 9.17) is 0 Å². The third kappa shape index (κ3) is 4.09. The van der Waals surface area contributed by atoms with Crippen molar-refractivity contribution in [3.05, 3.63) is 35.6 Å². The maximum atomic E-state index is 13.0. The second-order valence-corrected chi connectivity index (χ2v) is 6.03. The normalized spacial score (nSPS) is 13.9. The Morgan fingerprint density at radius 1 is 1.06 bits per heavy atom. The van der Waals surface area contributed by atoms with Crippen molar-refractivity contribution < 1.29 is 4.39 Å². The maximum Gasteiger partial charge on any atom is 0.123 e. The van der Waals surface area contributed by atoms with E-state index in [1.54, 1.807) is 12.1 Å². The number of nitrogens with one attached hydrogen (secondary N) is 1. The largest absolute Gasteiger partial charge is 0.307 e. The summed E-state index contributed by atoms with van der Waals surface area (Å²) in [4.78, 5) is 0. The molecule has 0 fully saturated rings. The van der Waals surface area contributed by atoms with Gasteiger partial charge in [-0.25, -0.2) is 4.39 Å². The van der Waals surface area contributed by atoms with Crippen LogP contribution in [0.5, 0.6) is 0 Å². The molecular weight excluding hydrogens is 225 g/mol. The highest BCUT2D eigenvalue weighted by Crippen LogP contribution is 2.33. The molecule has 0 saturated heterocycles. The Kier molecular flexibility index (Phi) is 5.33. The summed E-state index contributed by atoms with van der Waals surface area (Å²) in [6, 6.07) is 7.63. The van der Waals surface area contributed by atoms with Gasteiger partial charge in [0.15, 0.2) is 0 Å². The Morgan fingerprint density at radius 3 is 1.94 bits per heavy atom. The SMILES string of the molecule is CCC(CC)NC(c1ccc(F)cc1)C(C)(C)C. The predicted octanol–water partition coefficient (Wildman–Crippen LogP) is 4.69. The molecular formula is C16H26FN. The zero-order chi connectivity index (χ0) is 13.8. The van der Waals surface area contributed by atoms with Crippen LogP contribution in [0.1, 0.15) is 59.1 Å². The fourth-order valence-electron chi connectivity index (χ4n) is 2.26. The van der Waals surface area contributed by atoms with Crippen LogP contribution in [-0.4, -0.2) is 6.04 Å². The minimum absolute atomic E-state index is 0.112. The summed E-state index contributed by atoms with van der Waals surface area (Å²) in [6.07, 6.45) is 2.23. The first-order valence-electron chi connectivity index (χ1n) is 6.90. The Morgan fingerprint density at radius 2 is 1.56 bits per heavy atom. The zero-order valence-electron chi connectivity index (χ0n) is 12.3. The van der Waals surface area contributed by atoms with Crippen molar-refractivity contribution in [2.45, 2.75) is 59.5 Å². The molecule has 0 saturated carbocycles. The van der Waals surface area contributed by atoms with E-state index in [1.807, 2.05) is 12.1 Å². The lowest BCUT2D eigenvalue weighted by molar-refractivity contribution is 0.243. The summed E-state index contributed by atoms with van der Waals surface area (Å²) in [5.41, 5.74) is 1.27. The van der Waals surface area contributed by atoms with Crippen molar-refractivity contribution in [2.24, 2.45) is 5.41 Å². The van der Waals surface area contributed by atoms with E-state index >= 15 is 0 Å². The Hall–Kier alpha value is -0.890. The van der Waals surface area contributed by atoms with Gasteiger partial charge in [-0.15, -0.1) is 0 Å². The lowest BCUT2D eigenvalue weighted by atomic mass is 9.81. The zero-order valence-corrected chi connectivity index (χ0v) is 12.3. The second kappa shape index (κ2) is 6.33. The molecule has 1 atom stereocenters. The van der Waals surface area contributed by atoms with E-state index in [9.17, 15) is 4.39 Å². The highest BCUT2D eigenvalue weighted by Gasteiger charge is 2.27. The number of rotatable bonds is 5. The maximum absolute atomic E-state index is 13.0. The molecule has 2 heteroatoms. The van der Waals surface area contributed by atoms with Crippen LogP contribution in [0.4, 0.5) is 4.39 Å². The Bertz CT molecular complexity index is 346. The fourth-order valence-corrected chi connectivity index (χ4v) is 2.26. The van der Waals surface area contributed by atoms with Crippen LogP contribution in [0, 0.1) is 11.2 Å². The summed E-state index contributed by atoms with van der Waals surface area (Å²) in [5.74, 6) is -0.172. The molecule has 0 bridgehead atoms. The summed E-state index contributed by atoms with van der Waals surface area (Å²) >= 11 is 0. The van der Waals surface area contributed by atoms with E-state index in [2.05, 4.69) is 39.9 Å². The van der Waals surface area contributed by atoms with E-state index in [0.29, 0.717) is 6.04 Å². The van der Waals surface area contributed by atoms with E-state index in [0.717, 1.165) is 18.4 Å². The van der Waals surface area contributed by atoms with Crippen molar-refractivity contribution in [2.75, 3.05) is 0 Å². The molecule has 0 heterocycles. The van der Waals surface area contributed by atoms with Gasteiger partial charge >= 0.3 is 0 Å². The van der Waals surface area contributed by atoms with Crippen molar-refractivity contribution >= 4 is 0 Å². The third-order valence-electron chi connectivity index (χ3n) is 3.46. The lowest BCUT2D eigenvalue weighted by Crippen LogP contribution is -2.38. The van der Waals surface area contributed by atoms with Gasteiger partial charge < -0.3 is 5.32 Å². The summed E-state index contributed by atoms with van der Waals surface area (Å²) < 4.78 is 13.0. The van der Waals surface area contributed by atoms with Crippen molar-refractivity contribution in [3.8, 4) is 0 Å². The van der Waals surface area contributed by atoms with Gasteiger partial charge in [-0.1, -0.05) is 46.8 Å². The van der Waals surface area contributed by atoms with Crippen molar-refractivity contribution in [1.29, 1.82) is 0 Å². The molecule has 1 rings (SSSR count). The predicted molar refractivity (Wildman–Crippen MR) is 76.1 cm³/mol. The van der Waals surface area contributed by atoms with E-state index in [1.165, 1.54) is 0 Å². The molecule has 1 N–H and O–H groups in total. The molecule has 0 aliphatic rings. The molecule has 0 aliphatic heterocycles. The number of halogens is 1. The van der Waals surface area contributed by atoms with Crippen LogP contribution in [0.25, 0.3) is 0 Å². The standard InChI is InChI=1S/C16H26FN/c1-6-14(7-2)18-15(16(3,4)5)12-8-10-13(17)11-9-12/h8-11,14-15,18H,6-7H2,1-5H3. The molecule has 0 amide bonds. The summed E-state index contributed by atoms with van der Waals surface area (Å²) in [5, 5.41) is 3.71. The molecule has 0 spiro atoms. The monoisotopic (exact) mass is 251 g/mol. The van der Waals surface area contributed by atoms with Crippen LogP contribution in [0.2, 0.25) is 0 Å². The minimum Gasteiger partial charge on any atom is -0.307 e. The first-order chi connectivity index (χ1) is 8.38. The van der Waals surface area contributed by atoms with Crippen molar-refractivity contribution in [1.82, 2.24) is 5.32 Å². The number of hydrogen-bond acceptors (Lipinski definition) is 1. The molecule has 0 radical (unpaired) electrons. The van der Waals surface area contributed by atoms with Gasteiger partial charge in [0, 0.05) is 12.1 Å². The molecule has 0 aromatic heterocycles. The van der Waals surface area contributed by atoms with Gasteiger partial charge in [0.2, 0.25) is 0 Å². The van der Waals surface area contributed by atoms with Crippen LogP contribution >= 0.6 is 0 Å². The van der Waals surface area contributed by atoms with Gasteiger partial charge in [-0.2, -0.15) is 0 Å². The first-order valence-corrected chi connectivity index (χ1v) is 6.90. The number of benzene rings is 1. The first kappa shape index (κ1) is 15.2. The van der Waals surface area contributed by atoms with Gasteiger partial charge in [0.1, 0.15) is 5.82 Å². The van der Waals surface area contributed by atoms with Crippen LogP contribution in [0.3, 0.4) is 0 Å². The fraction of sp³-hybridized carbons (Fsp3) is 0.625. The second-order valence-electron chi connectivity index (χ2n) is 6.03. The topological polar surface area (TPSA) is 12.0 Å². The smallest absolute Gasteiger partial charge is 0.123 e. The summed E-state index contributed by atoms with van der Waals surface area (Å²) in [7, 11) is 0. The average molecular weight is 251 g/mol. The van der Waals surface area contributed by atoms with Crippen LogP contribution < -0.4 is 5.32 Å². The Balaban J connectivity index is 2.95. The van der Waals surface area contributed by atoms with Crippen molar-refractivity contribution in [3.63, 3.8) is 0 Å². The average Bonchev–Trinajstić information content (AvgIpc) is 2.31. The molecule has 1 aromatic carbocycles. The highest BCUT2D eigenvalue weighted by atomic mass is 19.1. The lowest BCUT2D eigenvalue weighted by Gasteiger charge is -2.35. The van der Waals surface area contributed by atoms with Gasteiger partial charge in [-0.3, -0.25) is 0 Å². The van der Waals surface area contributed by atoms with E-state index in [-0.39, 0.29) is 17.3 Å². The minimum atomic E-state index is -0.172. The van der Waals surface area contributed by atoms with Gasteiger partial charge in [0.05, 0.1) is 0 Å². The van der Waals surface area contributed by atoms with Gasteiger partial charge in [-0.05, 0) is 36.0 Å². The quantitative estimate of drug-likeness (QED) is 0.800. The molecule has 1 aromatic rings. The van der Waals surface area contributed by atoms with Gasteiger partial charge in [0.25, 0.3) is 0 Å². The van der Waals surface area contributed by atoms with Crippen LogP contribution in [-0.2, 0) is 0 Å².